The molecule has 0 radical (unpaired) electrons. The first-order valence-corrected chi connectivity index (χ1v) is 10.5. The highest BCUT2D eigenvalue weighted by Crippen LogP contribution is 2.27. The lowest BCUT2D eigenvalue weighted by molar-refractivity contribution is 0.0950. The fourth-order valence-electron chi connectivity index (χ4n) is 2.59. The van der Waals surface area contributed by atoms with E-state index in [-0.39, 0.29) is 22.8 Å². The average Bonchev–Trinajstić information content (AvgIpc) is 3.07. The van der Waals surface area contributed by atoms with Crippen molar-refractivity contribution in [1.29, 1.82) is 0 Å². The summed E-state index contributed by atoms with van der Waals surface area (Å²) in [7, 11) is 0.464. The number of hydrogen-bond acceptors (Lipinski definition) is 5. The van der Waals surface area contributed by atoms with Crippen LogP contribution in [0.25, 0.3) is 5.65 Å². The number of carbonyl (C=O) groups is 1. The summed E-state index contributed by atoms with van der Waals surface area (Å²) in [4.78, 5) is 16.9. The van der Waals surface area contributed by atoms with E-state index in [9.17, 15) is 13.2 Å². The van der Waals surface area contributed by atoms with E-state index in [4.69, 9.17) is 4.74 Å². The van der Waals surface area contributed by atoms with Crippen LogP contribution in [0, 0.1) is 0 Å². The number of amides is 1. The monoisotopic (exact) mass is 466 g/mol. The highest BCUT2D eigenvalue weighted by molar-refractivity contribution is 9.10. The van der Waals surface area contributed by atoms with Crippen LogP contribution in [0.2, 0.25) is 0 Å². The maximum absolute atomic E-state index is 12.5. The zero-order valence-electron chi connectivity index (χ0n) is 15.5. The van der Waals surface area contributed by atoms with E-state index in [1.165, 1.54) is 39.4 Å². The SMILES string of the molecule is COc1ccc(C(=O)NCc2cn3cc(Br)ccc3n2)cc1S(=O)(=O)N(C)C. The van der Waals surface area contributed by atoms with Crippen molar-refractivity contribution in [3.05, 3.63) is 58.5 Å². The van der Waals surface area contributed by atoms with Gasteiger partial charge in [-0.05, 0) is 46.3 Å². The molecule has 1 amide bonds. The molecule has 0 fully saturated rings. The molecule has 0 unspecified atom stereocenters. The lowest BCUT2D eigenvalue weighted by Crippen LogP contribution is -2.25. The number of rotatable bonds is 6. The number of sulfonamides is 1. The van der Waals surface area contributed by atoms with Crippen LogP contribution in [0.3, 0.4) is 0 Å². The molecule has 1 aromatic carbocycles. The Bertz CT molecular complexity index is 1140. The van der Waals surface area contributed by atoms with Crippen LogP contribution in [0.4, 0.5) is 0 Å². The summed E-state index contributed by atoms with van der Waals surface area (Å²) < 4.78 is 34.0. The van der Waals surface area contributed by atoms with E-state index in [1.54, 1.807) is 0 Å². The Kier molecular flexibility index (Phi) is 5.73. The summed E-state index contributed by atoms with van der Waals surface area (Å²) in [5.74, 6) is -0.229. The fraction of sp³-hybridized carbons (Fsp3) is 0.222. The summed E-state index contributed by atoms with van der Waals surface area (Å²) in [5.41, 5.74) is 1.66. The third-order valence-corrected chi connectivity index (χ3v) is 6.38. The molecule has 0 atom stereocenters. The maximum Gasteiger partial charge on any atom is 0.251 e. The number of hydrogen-bond donors (Lipinski definition) is 1. The van der Waals surface area contributed by atoms with E-state index in [1.807, 2.05) is 28.9 Å². The maximum atomic E-state index is 12.5. The smallest absolute Gasteiger partial charge is 0.251 e. The van der Waals surface area contributed by atoms with Gasteiger partial charge in [-0.25, -0.2) is 17.7 Å². The molecule has 0 aliphatic carbocycles. The van der Waals surface area contributed by atoms with Crippen LogP contribution < -0.4 is 10.1 Å². The molecule has 10 heteroatoms. The second kappa shape index (κ2) is 7.90. The molecule has 0 saturated carbocycles. The van der Waals surface area contributed by atoms with E-state index in [2.05, 4.69) is 26.2 Å². The summed E-state index contributed by atoms with van der Waals surface area (Å²) in [6.07, 6.45) is 3.69. The van der Waals surface area contributed by atoms with E-state index >= 15 is 0 Å². The van der Waals surface area contributed by atoms with Gasteiger partial charge in [-0.15, -0.1) is 0 Å². The molecular formula is C18H19BrN4O4S. The van der Waals surface area contributed by atoms with Gasteiger partial charge in [-0.3, -0.25) is 4.79 Å². The van der Waals surface area contributed by atoms with Crippen molar-refractivity contribution in [3.63, 3.8) is 0 Å². The highest BCUT2D eigenvalue weighted by Gasteiger charge is 2.24. The van der Waals surface area contributed by atoms with Gasteiger partial charge in [-0.2, -0.15) is 0 Å². The molecule has 28 heavy (non-hydrogen) atoms. The minimum Gasteiger partial charge on any atom is -0.495 e. The standard InChI is InChI=1S/C18H19BrN4O4S/c1-22(2)28(25,26)16-8-12(4-6-15(16)27-3)18(24)20-9-14-11-23-10-13(19)5-7-17(23)21-14/h4-8,10-11H,9H2,1-3H3,(H,20,24). The van der Waals surface area contributed by atoms with Crippen LogP contribution in [-0.2, 0) is 16.6 Å². The van der Waals surface area contributed by atoms with Crippen LogP contribution in [0.5, 0.6) is 5.75 Å². The number of halogens is 1. The molecule has 0 aliphatic heterocycles. The molecular weight excluding hydrogens is 448 g/mol. The number of carbonyl (C=O) groups excluding carboxylic acids is 1. The molecule has 0 bridgehead atoms. The van der Waals surface area contributed by atoms with Crippen molar-refractivity contribution < 1.29 is 17.9 Å². The predicted octanol–water partition coefficient (Wildman–Crippen LogP) is 2.29. The van der Waals surface area contributed by atoms with Crippen LogP contribution in [0.1, 0.15) is 16.1 Å². The molecule has 1 N–H and O–H groups in total. The first-order valence-electron chi connectivity index (χ1n) is 8.24. The molecule has 148 valence electrons. The lowest BCUT2D eigenvalue weighted by Gasteiger charge is -2.15. The predicted molar refractivity (Wildman–Crippen MR) is 108 cm³/mol. The van der Waals surface area contributed by atoms with Crippen LogP contribution >= 0.6 is 15.9 Å². The van der Waals surface area contributed by atoms with Crippen molar-refractivity contribution in [3.8, 4) is 5.75 Å². The van der Waals surface area contributed by atoms with E-state index < -0.39 is 15.9 Å². The van der Waals surface area contributed by atoms with Gasteiger partial charge in [0, 0.05) is 36.5 Å². The summed E-state index contributed by atoms with van der Waals surface area (Å²) in [6, 6.07) is 8.04. The van der Waals surface area contributed by atoms with Crippen LogP contribution in [-0.4, -0.2) is 49.2 Å². The van der Waals surface area contributed by atoms with Crippen LogP contribution in [0.15, 0.2) is 52.1 Å². The highest BCUT2D eigenvalue weighted by atomic mass is 79.9. The number of pyridine rings is 1. The van der Waals surface area contributed by atoms with Gasteiger partial charge in [0.1, 0.15) is 16.3 Å². The summed E-state index contributed by atoms with van der Waals surface area (Å²) in [5, 5.41) is 2.76. The minimum atomic E-state index is -3.76. The van der Waals surface area contributed by atoms with Crippen molar-refractivity contribution in [1.82, 2.24) is 19.0 Å². The van der Waals surface area contributed by atoms with E-state index in [0.717, 1.165) is 14.4 Å². The Morgan fingerprint density at radius 3 is 2.68 bits per heavy atom. The van der Waals surface area contributed by atoms with Crippen molar-refractivity contribution in [2.24, 2.45) is 0 Å². The largest absolute Gasteiger partial charge is 0.495 e. The number of aromatic nitrogens is 2. The number of ether oxygens (including phenoxy) is 1. The van der Waals surface area contributed by atoms with Gasteiger partial charge >= 0.3 is 0 Å². The Morgan fingerprint density at radius 2 is 2.00 bits per heavy atom. The summed E-state index contributed by atoms with van der Waals surface area (Å²) >= 11 is 3.40. The van der Waals surface area contributed by atoms with Gasteiger partial charge < -0.3 is 14.5 Å². The zero-order valence-corrected chi connectivity index (χ0v) is 17.9. The normalized spacial score (nSPS) is 11.8. The van der Waals surface area contributed by atoms with Gasteiger partial charge in [0.05, 0.1) is 19.3 Å². The number of imidazole rings is 1. The first kappa shape index (κ1) is 20.3. The molecule has 2 aromatic heterocycles. The van der Waals surface area contributed by atoms with Gasteiger partial charge in [0.15, 0.2) is 0 Å². The molecule has 0 aliphatic rings. The lowest BCUT2D eigenvalue weighted by atomic mass is 10.2. The molecule has 0 spiro atoms. The quantitative estimate of drug-likeness (QED) is 0.601. The Hall–Kier alpha value is -2.43. The van der Waals surface area contributed by atoms with Gasteiger partial charge in [0.25, 0.3) is 5.91 Å². The molecule has 3 rings (SSSR count). The second-order valence-electron chi connectivity index (χ2n) is 6.18. The minimum absolute atomic E-state index is 0.0646. The van der Waals surface area contributed by atoms with Gasteiger partial charge in [-0.1, -0.05) is 0 Å². The van der Waals surface area contributed by atoms with E-state index in [0.29, 0.717) is 5.69 Å². The fourth-order valence-corrected chi connectivity index (χ4v) is 4.02. The molecule has 0 saturated heterocycles. The number of benzene rings is 1. The zero-order chi connectivity index (χ0) is 20.5. The second-order valence-corrected chi connectivity index (χ2v) is 9.22. The van der Waals surface area contributed by atoms with Gasteiger partial charge in [0.2, 0.25) is 10.0 Å². The Morgan fingerprint density at radius 1 is 1.25 bits per heavy atom. The Balaban J connectivity index is 1.82. The Labute approximate surface area is 171 Å². The molecule has 2 heterocycles. The van der Waals surface area contributed by atoms with Crippen molar-refractivity contribution in [2.45, 2.75) is 11.4 Å². The third-order valence-electron chi connectivity index (χ3n) is 4.08. The molecule has 8 nitrogen and oxygen atoms in total. The summed E-state index contributed by atoms with van der Waals surface area (Å²) in [6.45, 7) is 0.208. The van der Waals surface area contributed by atoms with Crippen molar-refractivity contribution in [2.75, 3.05) is 21.2 Å². The molecule has 3 aromatic rings. The topological polar surface area (TPSA) is 93.0 Å². The van der Waals surface area contributed by atoms with Crippen molar-refractivity contribution >= 4 is 37.5 Å². The number of nitrogens with zero attached hydrogens (tertiary/aromatic N) is 3. The number of fused-ring (bicyclic) bond motifs is 1. The first-order chi connectivity index (χ1) is 13.2. The number of methoxy groups -OCH3 is 1. The average molecular weight is 467 g/mol. The third kappa shape index (κ3) is 4.03. The number of nitrogens with one attached hydrogen (secondary N) is 1.